The van der Waals surface area contributed by atoms with Crippen molar-refractivity contribution in [3.05, 3.63) is 75.0 Å². The van der Waals surface area contributed by atoms with Crippen molar-refractivity contribution in [2.24, 2.45) is 0 Å². The molecule has 188 valence electrons. The first-order valence-electron chi connectivity index (χ1n) is 11.6. The average Bonchev–Trinajstić information content (AvgIpc) is 3.42. The Morgan fingerprint density at radius 3 is 2.25 bits per heavy atom. The molecule has 0 radical (unpaired) electrons. The van der Waals surface area contributed by atoms with Crippen LogP contribution < -0.4 is 19.1 Å². The summed E-state index contributed by atoms with van der Waals surface area (Å²) in [5.74, 6) is -0.0469. The van der Waals surface area contributed by atoms with Gasteiger partial charge in [0, 0.05) is 28.6 Å². The molecule has 1 unspecified atom stereocenters. The Labute approximate surface area is 214 Å². The van der Waals surface area contributed by atoms with Gasteiger partial charge in [0.25, 0.3) is 11.7 Å². The van der Waals surface area contributed by atoms with Gasteiger partial charge in [0.05, 0.1) is 32.1 Å². The van der Waals surface area contributed by atoms with Crippen LogP contribution in [0.25, 0.3) is 5.76 Å². The quantitative estimate of drug-likeness (QED) is 0.236. The molecule has 1 atom stereocenters. The number of thiophene rings is 1. The Balaban J connectivity index is 1.90. The van der Waals surface area contributed by atoms with Gasteiger partial charge in [0.2, 0.25) is 0 Å². The van der Waals surface area contributed by atoms with E-state index in [2.05, 4.69) is 0 Å². The summed E-state index contributed by atoms with van der Waals surface area (Å²) < 4.78 is 16.5. The van der Waals surface area contributed by atoms with E-state index in [4.69, 9.17) is 14.2 Å². The molecular formula is C28H29NO6S. The van der Waals surface area contributed by atoms with Crippen molar-refractivity contribution >= 4 is 34.5 Å². The summed E-state index contributed by atoms with van der Waals surface area (Å²) in [6.45, 7) is 6.41. The Hall–Kier alpha value is -3.78. The minimum absolute atomic E-state index is 0.0361. The number of amides is 1. The summed E-state index contributed by atoms with van der Waals surface area (Å²) in [6.07, 6.45) is 0.875. The number of aliphatic hydroxyl groups is 1. The summed E-state index contributed by atoms with van der Waals surface area (Å²) in [7, 11) is 3.04. The molecule has 8 heteroatoms. The zero-order valence-corrected chi connectivity index (χ0v) is 21.8. The molecular weight excluding hydrogens is 478 g/mol. The van der Waals surface area contributed by atoms with Crippen molar-refractivity contribution in [1.82, 2.24) is 0 Å². The molecule has 1 saturated heterocycles. The number of methoxy groups -OCH3 is 2. The third-order valence-electron chi connectivity index (χ3n) is 6.12. The molecule has 1 aromatic heterocycles. The van der Waals surface area contributed by atoms with Crippen molar-refractivity contribution in [3.63, 3.8) is 0 Å². The third kappa shape index (κ3) is 4.56. The summed E-state index contributed by atoms with van der Waals surface area (Å²) >= 11 is 1.43. The van der Waals surface area contributed by atoms with Gasteiger partial charge >= 0.3 is 0 Å². The fraction of sp³-hybridized carbons (Fsp3) is 0.286. The lowest BCUT2D eigenvalue weighted by Gasteiger charge is -2.25. The van der Waals surface area contributed by atoms with Gasteiger partial charge in [0.1, 0.15) is 29.0 Å². The lowest BCUT2D eigenvalue weighted by atomic mass is 9.97. The molecule has 36 heavy (non-hydrogen) atoms. The molecule has 1 aliphatic heterocycles. The minimum Gasteiger partial charge on any atom is -0.507 e. The number of ketones is 1. The predicted octanol–water partition coefficient (Wildman–Crippen LogP) is 5.80. The van der Waals surface area contributed by atoms with Crippen LogP contribution in [0.15, 0.2) is 53.4 Å². The first-order chi connectivity index (χ1) is 17.3. The van der Waals surface area contributed by atoms with Crippen LogP contribution in [-0.2, 0) is 9.59 Å². The van der Waals surface area contributed by atoms with Gasteiger partial charge in [-0.05, 0) is 61.0 Å². The fourth-order valence-corrected chi connectivity index (χ4v) is 5.29. The van der Waals surface area contributed by atoms with Crippen molar-refractivity contribution in [3.8, 4) is 17.2 Å². The maximum atomic E-state index is 13.4. The zero-order chi connectivity index (χ0) is 26.0. The van der Waals surface area contributed by atoms with Gasteiger partial charge in [-0.25, -0.2) is 0 Å². The molecule has 0 aliphatic carbocycles. The first kappa shape index (κ1) is 25.3. The molecule has 1 fully saturated rings. The molecule has 1 N–H and O–H groups in total. The van der Waals surface area contributed by atoms with Crippen LogP contribution in [0.3, 0.4) is 0 Å². The van der Waals surface area contributed by atoms with Gasteiger partial charge in [-0.2, -0.15) is 0 Å². The molecule has 2 aromatic carbocycles. The van der Waals surface area contributed by atoms with Crippen molar-refractivity contribution < 1.29 is 28.9 Å². The molecule has 1 aliphatic rings. The van der Waals surface area contributed by atoms with E-state index in [1.165, 1.54) is 30.5 Å². The van der Waals surface area contributed by atoms with Crippen molar-refractivity contribution in [1.29, 1.82) is 0 Å². The summed E-state index contributed by atoms with van der Waals surface area (Å²) in [5, 5.41) is 13.3. The van der Waals surface area contributed by atoms with Gasteiger partial charge in [-0.15, -0.1) is 11.3 Å². The standard InChI is InChI=1S/C28H29NO6S/c1-6-10-35-22-8-7-18(12-17(22)3)25(30)23-24(27-16(2)9-11-36-27)29(28(32)26(23)31)19-13-20(33-4)15-21(14-19)34-5/h7-9,11-15,24,30H,6,10H2,1-5H3/b25-23-. The fourth-order valence-electron chi connectivity index (χ4n) is 4.27. The van der Waals surface area contributed by atoms with E-state index in [-0.39, 0.29) is 11.3 Å². The van der Waals surface area contributed by atoms with Crippen LogP contribution in [0.4, 0.5) is 5.69 Å². The Kier molecular flexibility index (Phi) is 7.35. The lowest BCUT2D eigenvalue weighted by Crippen LogP contribution is -2.29. The van der Waals surface area contributed by atoms with Crippen LogP contribution in [-0.4, -0.2) is 37.6 Å². The van der Waals surface area contributed by atoms with E-state index in [1.54, 1.807) is 36.4 Å². The number of nitrogens with zero attached hydrogens (tertiary/aromatic N) is 1. The zero-order valence-electron chi connectivity index (χ0n) is 21.0. The molecule has 3 aromatic rings. The largest absolute Gasteiger partial charge is 0.507 e. The number of benzene rings is 2. The normalized spacial score (nSPS) is 16.9. The Morgan fingerprint density at radius 2 is 1.69 bits per heavy atom. The highest BCUT2D eigenvalue weighted by Crippen LogP contribution is 2.46. The summed E-state index contributed by atoms with van der Waals surface area (Å²) in [6, 6.07) is 11.4. The predicted molar refractivity (Wildman–Crippen MR) is 140 cm³/mol. The summed E-state index contributed by atoms with van der Waals surface area (Å²) in [5.41, 5.74) is 2.65. The number of aliphatic hydroxyl groups excluding tert-OH is 1. The van der Waals surface area contributed by atoms with Gasteiger partial charge in [0.15, 0.2) is 0 Å². The number of carbonyl (C=O) groups is 2. The number of Topliss-reactive ketones (excluding diaryl/α,β-unsaturated/α-hetero) is 1. The molecule has 2 heterocycles. The van der Waals surface area contributed by atoms with Crippen LogP contribution in [0.5, 0.6) is 17.2 Å². The maximum absolute atomic E-state index is 13.4. The number of ether oxygens (including phenoxy) is 3. The maximum Gasteiger partial charge on any atom is 0.300 e. The number of carbonyl (C=O) groups excluding carboxylic acids is 2. The highest BCUT2D eigenvalue weighted by molar-refractivity contribution is 7.10. The molecule has 4 rings (SSSR count). The third-order valence-corrected chi connectivity index (χ3v) is 7.19. The number of hydrogen-bond donors (Lipinski definition) is 1. The van der Waals surface area contributed by atoms with Gasteiger partial charge in [-0.1, -0.05) is 6.92 Å². The lowest BCUT2D eigenvalue weighted by molar-refractivity contribution is -0.132. The van der Waals surface area contributed by atoms with Crippen LogP contribution in [0.1, 0.15) is 41.0 Å². The molecule has 1 amide bonds. The Bertz CT molecular complexity index is 1320. The highest BCUT2D eigenvalue weighted by Gasteiger charge is 2.48. The van der Waals surface area contributed by atoms with Crippen LogP contribution in [0.2, 0.25) is 0 Å². The second-order valence-electron chi connectivity index (χ2n) is 8.54. The summed E-state index contributed by atoms with van der Waals surface area (Å²) in [4.78, 5) is 29.1. The second kappa shape index (κ2) is 10.5. The minimum atomic E-state index is -0.807. The molecule has 0 saturated carbocycles. The van der Waals surface area contributed by atoms with Crippen LogP contribution >= 0.6 is 11.3 Å². The highest BCUT2D eigenvalue weighted by atomic mass is 32.1. The first-order valence-corrected chi connectivity index (χ1v) is 12.5. The van der Waals surface area contributed by atoms with Gasteiger partial charge in [-0.3, -0.25) is 14.5 Å². The second-order valence-corrected chi connectivity index (χ2v) is 9.48. The van der Waals surface area contributed by atoms with E-state index in [0.29, 0.717) is 35.1 Å². The SMILES string of the molecule is CCCOc1ccc(/C(O)=C2/C(=O)C(=O)N(c3cc(OC)cc(OC)c3)C2c2sccc2C)cc1C. The van der Waals surface area contributed by atoms with E-state index in [0.717, 1.165) is 22.4 Å². The number of anilines is 1. The topological polar surface area (TPSA) is 85.3 Å². The van der Waals surface area contributed by atoms with E-state index < -0.39 is 17.7 Å². The monoisotopic (exact) mass is 507 g/mol. The van der Waals surface area contributed by atoms with E-state index >= 15 is 0 Å². The van der Waals surface area contributed by atoms with Crippen molar-refractivity contribution in [2.75, 3.05) is 25.7 Å². The van der Waals surface area contributed by atoms with Gasteiger partial charge < -0.3 is 19.3 Å². The number of rotatable bonds is 8. The average molecular weight is 508 g/mol. The van der Waals surface area contributed by atoms with Crippen molar-refractivity contribution in [2.45, 2.75) is 33.2 Å². The van der Waals surface area contributed by atoms with E-state index in [1.807, 2.05) is 32.2 Å². The smallest absolute Gasteiger partial charge is 0.300 e. The number of hydrogen-bond acceptors (Lipinski definition) is 7. The number of aryl methyl sites for hydroxylation is 2. The van der Waals surface area contributed by atoms with Crippen LogP contribution in [0, 0.1) is 13.8 Å². The molecule has 0 spiro atoms. The molecule has 7 nitrogen and oxygen atoms in total. The Morgan fingerprint density at radius 1 is 1.00 bits per heavy atom. The molecule has 0 bridgehead atoms. The van der Waals surface area contributed by atoms with E-state index in [9.17, 15) is 14.7 Å².